The van der Waals surface area contributed by atoms with Crippen molar-refractivity contribution < 1.29 is 24.3 Å². The van der Waals surface area contributed by atoms with Gasteiger partial charge in [-0.15, -0.1) is 0 Å². The summed E-state index contributed by atoms with van der Waals surface area (Å²) < 4.78 is 10.6. The molecule has 1 fully saturated rings. The Labute approximate surface area is 118 Å². The number of ether oxygens (including phenoxy) is 2. The van der Waals surface area contributed by atoms with Crippen LogP contribution in [0.15, 0.2) is 18.2 Å². The normalized spacial score (nSPS) is 15.8. The summed E-state index contributed by atoms with van der Waals surface area (Å²) in [6.45, 7) is 0. The molecule has 6 heteroatoms. The number of esters is 1. The quantitative estimate of drug-likeness (QED) is 0.631. The Morgan fingerprint density at radius 1 is 1.25 bits per heavy atom. The molecule has 1 aliphatic carbocycles. The summed E-state index contributed by atoms with van der Waals surface area (Å²) in [6.07, 6.45) is 5.40. The lowest BCUT2D eigenvalue weighted by Gasteiger charge is -2.24. The number of rotatable bonds is 4. The van der Waals surface area contributed by atoms with E-state index >= 15 is 0 Å². The zero-order valence-corrected chi connectivity index (χ0v) is 11.5. The van der Waals surface area contributed by atoms with E-state index in [0.29, 0.717) is 16.8 Å². The molecule has 0 unspecified atom stereocenters. The Morgan fingerprint density at radius 3 is 2.55 bits per heavy atom. The minimum Gasteiger partial charge on any atom is -0.490 e. The number of hydrogen-bond donors (Lipinski definition) is 2. The Balaban J connectivity index is 2.25. The van der Waals surface area contributed by atoms with E-state index < -0.39 is 13.1 Å². The van der Waals surface area contributed by atoms with Crippen molar-refractivity contribution in [1.82, 2.24) is 0 Å². The Bertz CT molecular complexity index is 469. The zero-order valence-electron chi connectivity index (χ0n) is 11.5. The standard InChI is InChI=1S/C14H19BO5/c1-19-14(16)12-8-7-10(15(17)18)9-13(12)20-11-5-3-2-4-6-11/h7-9,11,17-18H,2-6H2,1H3. The number of carbonyl (C=O) groups excluding carboxylic acids is 1. The molecule has 0 aromatic heterocycles. The third-order valence-electron chi connectivity index (χ3n) is 3.55. The highest BCUT2D eigenvalue weighted by Gasteiger charge is 2.22. The minimum absolute atomic E-state index is 0.0678. The maximum absolute atomic E-state index is 11.7. The van der Waals surface area contributed by atoms with Gasteiger partial charge in [-0.05, 0) is 43.3 Å². The second-order valence-corrected chi connectivity index (χ2v) is 5.00. The highest BCUT2D eigenvalue weighted by Crippen LogP contribution is 2.26. The molecule has 0 saturated heterocycles. The lowest BCUT2D eigenvalue weighted by atomic mass is 9.80. The van der Waals surface area contributed by atoms with E-state index in [1.54, 1.807) is 0 Å². The molecule has 20 heavy (non-hydrogen) atoms. The maximum atomic E-state index is 11.7. The largest absolute Gasteiger partial charge is 0.490 e. The van der Waals surface area contributed by atoms with Crippen LogP contribution in [-0.2, 0) is 4.74 Å². The van der Waals surface area contributed by atoms with Gasteiger partial charge in [0, 0.05) is 0 Å². The van der Waals surface area contributed by atoms with E-state index in [2.05, 4.69) is 0 Å². The Hall–Kier alpha value is -1.53. The van der Waals surface area contributed by atoms with Crippen LogP contribution in [0.4, 0.5) is 0 Å². The summed E-state index contributed by atoms with van der Waals surface area (Å²) in [5.41, 5.74) is 0.603. The molecular weight excluding hydrogens is 259 g/mol. The number of hydrogen-bond acceptors (Lipinski definition) is 5. The van der Waals surface area contributed by atoms with Crippen LogP contribution in [0.25, 0.3) is 0 Å². The smallest absolute Gasteiger partial charge is 0.488 e. The maximum Gasteiger partial charge on any atom is 0.488 e. The topological polar surface area (TPSA) is 76.0 Å². The molecule has 2 rings (SSSR count). The predicted molar refractivity (Wildman–Crippen MR) is 75.1 cm³/mol. The summed E-state index contributed by atoms with van der Waals surface area (Å²) in [5, 5.41) is 18.4. The van der Waals surface area contributed by atoms with Crippen molar-refractivity contribution in [3.8, 4) is 5.75 Å². The molecule has 108 valence electrons. The molecule has 2 N–H and O–H groups in total. The van der Waals surface area contributed by atoms with Crippen LogP contribution >= 0.6 is 0 Å². The fraction of sp³-hybridized carbons (Fsp3) is 0.500. The van der Waals surface area contributed by atoms with Crippen molar-refractivity contribution in [2.24, 2.45) is 0 Å². The van der Waals surface area contributed by atoms with Gasteiger partial charge in [0.15, 0.2) is 0 Å². The van der Waals surface area contributed by atoms with Gasteiger partial charge in [-0.3, -0.25) is 0 Å². The van der Waals surface area contributed by atoms with Gasteiger partial charge >= 0.3 is 13.1 Å². The van der Waals surface area contributed by atoms with Gasteiger partial charge in [-0.1, -0.05) is 12.5 Å². The lowest BCUT2D eigenvalue weighted by Crippen LogP contribution is -2.31. The first-order valence-electron chi connectivity index (χ1n) is 6.87. The highest BCUT2D eigenvalue weighted by molar-refractivity contribution is 6.58. The van der Waals surface area contributed by atoms with E-state index in [-0.39, 0.29) is 6.10 Å². The molecule has 0 aliphatic heterocycles. The predicted octanol–water partition coefficient (Wildman–Crippen LogP) is 0.864. The molecule has 1 aliphatic rings. The molecule has 0 bridgehead atoms. The average molecular weight is 278 g/mol. The van der Waals surface area contributed by atoms with E-state index in [4.69, 9.17) is 9.47 Å². The van der Waals surface area contributed by atoms with E-state index in [1.165, 1.54) is 31.7 Å². The van der Waals surface area contributed by atoms with Crippen molar-refractivity contribution >= 4 is 18.6 Å². The van der Waals surface area contributed by atoms with Crippen molar-refractivity contribution in [2.75, 3.05) is 7.11 Å². The summed E-state index contributed by atoms with van der Waals surface area (Å²) in [5.74, 6) is -0.135. The lowest BCUT2D eigenvalue weighted by molar-refractivity contribution is 0.0590. The molecule has 1 aromatic carbocycles. The number of benzene rings is 1. The third kappa shape index (κ3) is 3.52. The minimum atomic E-state index is -1.59. The summed E-state index contributed by atoms with van der Waals surface area (Å²) in [4.78, 5) is 11.7. The molecular formula is C14H19BO5. The molecule has 0 heterocycles. The molecule has 5 nitrogen and oxygen atoms in total. The van der Waals surface area contributed by atoms with Crippen molar-refractivity contribution in [3.63, 3.8) is 0 Å². The highest BCUT2D eigenvalue weighted by atomic mass is 16.5. The van der Waals surface area contributed by atoms with Crippen LogP contribution < -0.4 is 10.2 Å². The fourth-order valence-electron chi connectivity index (χ4n) is 2.44. The van der Waals surface area contributed by atoms with E-state index in [9.17, 15) is 14.8 Å². The van der Waals surface area contributed by atoms with Crippen LogP contribution in [0.3, 0.4) is 0 Å². The van der Waals surface area contributed by atoms with Gasteiger partial charge in [-0.25, -0.2) is 4.79 Å². The van der Waals surface area contributed by atoms with E-state index in [1.807, 2.05) is 0 Å². The fourth-order valence-corrected chi connectivity index (χ4v) is 2.44. The summed E-state index contributed by atoms with van der Waals surface area (Å²) in [7, 11) is -0.281. The summed E-state index contributed by atoms with van der Waals surface area (Å²) in [6, 6.07) is 4.47. The Kier molecular flexibility index (Phi) is 5.03. The van der Waals surface area contributed by atoms with Crippen LogP contribution in [0.2, 0.25) is 0 Å². The van der Waals surface area contributed by atoms with E-state index in [0.717, 1.165) is 25.7 Å². The molecule has 0 atom stereocenters. The monoisotopic (exact) mass is 278 g/mol. The molecule has 0 amide bonds. The van der Waals surface area contributed by atoms with Gasteiger partial charge in [0.2, 0.25) is 0 Å². The van der Waals surface area contributed by atoms with Crippen molar-refractivity contribution in [1.29, 1.82) is 0 Å². The zero-order chi connectivity index (χ0) is 14.5. The van der Waals surface area contributed by atoms with Crippen LogP contribution in [0.5, 0.6) is 5.75 Å². The second kappa shape index (κ2) is 6.77. The third-order valence-corrected chi connectivity index (χ3v) is 3.55. The van der Waals surface area contributed by atoms with Crippen LogP contribution in [0, 0.1) is 0 Å². The van der Waals surface area contributed by atoms with Crippen molar-refractivity contribution in [2.45, 2.75) is 38.2 Å². The van der Waals surface area contributed by atoms with Gasteiger partial charge in [0.25, 0.3) is 0 Å². The molecule has 1 aromatic rings. The first kappa shape index (κ1) is 14.9. The molecule has 0 radical (unpaired) electrons. The molecule has 0 spiro atoms. The second-order valence-electron chi connectivity index (χ2n) is 5.00. The SMILES string of the molecule is COC(=O)c1ccc(B(O)O)cc1OC1CCCCC1. The van der Waals surface area contributed by atoms with Gasteiger partial charge in [0.1, 0.15) is 11.3 Å². The average Bonchev–Trinajstić information content (AvgIpc) is 2.47. The first-order chi connectivity index (χ1) is 9.61. The van der Waals surface area contributed by atoms with Crippen LogP contribution in [0.1, 0.15) is 42.5 Å². The van der Waals surface area contributed by atoms with Gasteiger partial charge in [0.05, 0.1) is 13.2 Å². The van der Waals surface area contributed by atoms with Gasteiger partial charge in [-0.2, -0.15) is 0 Å². The Morgan fingerprint density at radius 2 is 1.95 bits per heavy atom. The number of carbonyl (C=O) groups is 1. The van der Waals surface area contributed by atoms with Gasteiger partial charge < -0.3 is 19.5 Å². The first-order valence-corrected chi connectivity index (χ1v) is 6.87. The van der Waals surface area contributed by atoms with Crippen molar-refractivity contribution in [3.05, 3.63) is 23.8 Å². The summed E-state index contributed by atoms with van der Waals surface area (Å²) >= 11 is 0. The van der Waals surface area contributed by atoms with Crippen LogP contribution in [-0.4, -0.2) is 36.3 Å². The molecule has 1 saturated carbocycles. The number of methoxy groups -OCH3 is 1.